The summed E-state index contributed by atoms with van der Waals surface area (Å²) < 4.78 is 6.45. The lowest BCUT2D eigenvalue weighted by Gasteiger charge is -2.03. The lowest BCUT2D eigenvalue weighted by Crippen LogP contribution is -1.91. The number of nitrogens with zero attached hydrogens (tertiary/aromatic N) is 2. The highest BCUT2D eigenvalue weighted by molar-refractivity contribution is 9.10. The molecule has 2 heterocycles. The molecule has 2 aromatic heterocycles. The van der Waals surface area contributed by atoms with Crippen molar-refractivity contribution in [2.75, 3.05) is 0 Å². The summed E-state index contributed by atoms with van der Waals surface area (Å²) in [5.41, 5.74) is 1.92. The molecule has 2 aromatic rings. The number of pyridine rings is 1. The van der Waals surface area contributed by atoms with Gasteiger partial charge in [0.05, 0.1) is 0 Å². The van der Waals surface area contributed by atoms with Crippen LogP contribution < -0.4 is 4.74 Å². The van der Waals surface area contributed by atoms with Crippen LogP contribution in [-0.4, -0.2) is 15.2 Å². The summed E-state index contributed by atoms with van der Waals surface area (Å²) in [6.07, 6.45) is 1.70. The Hall–Kier alpha value is -1.36. The molecule has 0 saturated carbocycles. The van der Waals surface area contributed by atoms with Gasteiger partial charge in [-0.15, -0.1) is 5.10 Å². The summed E-state index contributed by atoms with van der Waals surface area (Å²) in [4.78, 5) is 4.16. The number of aromatic amines is 1. The third kappa shape index (κ3) is 2.36. The monoisotopic (exact) mass is 267 g/mol. The Morgan fingerprint density at radius 1 is 1.33 bits per heavy atom. The van der Waals surface area contributed by atoms with E-state index in [9.17, 15) is 0 Å². The van der Waals surface area contributed by atoms with Gasteiger partial charge in [-0.05, 0) is 35.8 Å². The number of ether oxygens (including phenoxy) is 1. The van der Waals surface area contributed by atoms with Gasteiger partial charge in [0.1, 0.15) is 0 Å². The number of hydrogen-bond acceptors (Lipinski definition) is 3. The molecular weight excluding hydrogens is 258 g/mol. The maximum Gasteiger partial charge on any atom is 0.240 e. The van der Waals surface area contributed by atoms with Crippen LogP contribution in [0.4, 0.5) is 0 Å². The number of hydrogen-bond donors (Lipinski definition) is 1. The molecule has 1 N–H and O–H groups in total. The standard InChI is InChI=1S/C10H10BrN3O/c1-6-3-8(11)5-12-10(6)15-9-4-7(2)13-14-9/h3-5H,1-2H3,(H,13,14). The van der Waals surface area contributed by atoms with Crippen molar-refractivity contribution in [3.05, 3.63) is 34.1 Å². The second-order valence-corrected chi connectivity index (χ2v) is 4.18. The molecule has 78 valence electrons. The summed E-state index contributed by atoms with van der Waals surface area (Å²) in [5.74, 6) is 1.11. The van der Waals surface area contributed by atoms with Crippen molar-refractivity contribution in [3.63, 3.8) is 0 Å². The topological polar surface area (TPSA) is 50.8 Å². The Morgan fingerprint density at radius 2 is 2.13 bits per heavy atom. The first-order valence-electron chi connectivity index (χ1n) is 4.47. The lowest BCUT2D eigenvalue weighted by atomic mass is 10.3. The molecule has 0 fully saturated rings. The molecule has 15 heavy (non-hydrogen) atoms. The molecular formula is C10H10BrN3O. The largest absolute Gasteiger partial charge is 0.419 e. The third-order valence-electron chi connectivity index (χ3n) is 1.88. The Kier molecular flexibility index (Phi) is 2.73. The second kappa shape index (κ2) is 4.02. The van der Waals surface area contributed by atoms with E-state index in [0.29, 0.717) is 11.8 Å². The van der Waals surface area contributed by atoms with Crippen LogP contribution in [0.3, 0.4) is 0 Å². The first kappa shape index (κ1) is 10.2. The molecule has 0 saturated heterocycles. The minimum absolute atomic E-state index is 0.533. The van der Waals surface area contributed by atoms with E-state index in [4.69, 9.17) is 4.74 Å². The predicted molar refractivity (Wildman–Crippen MR) is 60.1 cm³/mol. The van der Waals surface area contributed by atoms with Crippen molar-refractivity contribution in [1.29, 1.82) is 0 Å². The van der Waals surface area contributed by atoms with Crippen LogP contribution >= 0.6 is 15.9 Å². The predicted octanol–water partition coefficient (Wildman–Crippen LogP) is 2.98. The van der Waals surface area contributed by atoms with E-state index in [2.05, 4.69) is 31.1 Å². The van der Waals surface area contributed by atoms with E-state index in [1.807, 2.05) is 26.0 Å². The zero-order valence-corrected chi connectivity index (χ0v) is 10.00. The van der Waals surface area contributed by atoms with Gasteiger partial charge in [0.2, 0.25) is 11.8 Å². The summed E-state index contributed by atoms with van der Waals surface area (Å²) >= 11 is 3.35. The lowest BCUT2D eigenvalue weighted by molar-refractivity contribution is 0.439. The molecule has 0 aromatic carbocycles. The second-order valence-electron chi connectivity index (χ2n) is 3.27. The van der Waals surface area contributed by atoms with E-state index < -0.39 is 0 Å². The van der Waals surface area contributed by atoms with Crippen LogP contribution in [-0.2, 0) is 0 Å². The fraction of sp³-hybridized carbons (Fsp3) is 0.200. The fourth-order valence-electron chi connectivity index (χ4n) is 1.18. The minimum Gasteiger partial charge on any atom is -0.419 e. The van der Waals surface area contributed by atoms with Crippen LogP contribution in [0.25, 0.3) is 0 Å². The SMILES string of the molecule is Cc1cc(Oc2ncc(Br)cc2C)n[nH]1. The molecule has 0 spiro atoms. The Labute approximate surface area is 95.8 Å². The zero-order valence-electron chi connectivity index (χ0n) is 8.41. The van der Waals surface area contributed by atoms with Crippen LogP contribution in [0.5, 0.6) is 11.8 Å². The van der Waals surface area contributed by atoms with Crippen LogP contribution in [0.15, 0.2) is 22.8 Å². The summed E-state index contributed by atoms with van der Waals surface area (Å²) in [7, 11) is 0. The first-order valence-corrected chi connectivity index (χ1v) is 5.26. The van der Waals surface area contributed by atoms with Crippen LogP contribution in [0, 0.1) is 13.8 Å². The van der Waals surface area contributed by atoms with E-state index in [1.54, 1.807) is 6.20 Å². The van der Waals surface area contributed by atoms with Crippen molar-refractivity contribution in [2.24, 2.45) is 0 Å². The molecule has 4 nitrogen and oxygen atoms in total. The highest BCUT2D eigenvalue weighted by Gasteiger charge is 2.05. The van der Waals surface area contributed by atoms with Gasteiger partial charge in [0.15, 0.2) is 0 Å². The molecule has 0 bridgehead atoms. The molecule has 0 aliphatic rings. The van der Waals surface area contributed by atoms with E-state index in [-0.39, 0.29) is 0 Å². The minimum atomic E-state index is 0.533. The molecule has 0 radical (unpaired) electrons. The normalized spacial score (nSPS) is 10.3. The Bertz CT molecular complexity index is 481. The number of H-pyrrole nitrogens is 1. The van der Waals surface area contributed by atoms with Crippen LogP contribution in [0.1, 0.15) is 11.3 Å². The number of halogens is 1. The average molecular weight is 268 g/mol. The molecule has 5 heteroatoms. The molecule has 0 unspecified atom stereocenters. The summed E-state index contributed by atoms with van der Waals surface area (Å²) in [6.45, 7) is 3.86. The number of aromatic nitrogens is 3. The molecule has 0 aliphatic heterocycles. The van der Waals surface area contributed by atoms with Crippen molar-refractivity contribution in [2.45, 2.75) is 13.8 Å². The quantitative estimate of drug-likeness (QED) is 0.910. The first-order chi connectivity index (χ1) is 7.15. The van der Waals surface area contributed by atoms with Gasteiger partial charge < -0.3 is 4.74 Å². The maximum atomic E-state index is 5.51. The van der Waals surface area contributed by atoms with E-state index >= 15 is 0 Å². The molecule has 0 aliphatic carbocycles. The van der Waals surface area contributed by atoms with Gasteiger partial charge >= 0.3 is 0 Å². The summed E-state index contributed by atoms with van der Waals surface area (Å²) in [6, 6.07) is 3.77. The van der Waals surface area contributed by atoms with Gasteiger partial charge in [-0.25, -0.2) is 4.98 Å². The Morgan fingerprint density at radius 3 is 2.73 bits per heavy atom. The number of rotatable bonds is 2. The third-order valence-corrected chi connectivity index (χ3v) is 2.31. The van der Waals surface area contributed by atoms with Gasteiger partial charge in [0.25, 0.3) is 0 Å². The van der Waals surface area contributed by atoms with Crippen LogP contribution in [0.2, 0.25) is 0 Å². The van der Waals surface area contributed by atoms with Crippen molar-refractivity contribution in [3.8, 4) is 11.8 Å². The van der Waals surface area contributed by atoms with Gasteiger partial charge in [-0.1, -0.05) is 0 Å². The van der Waals surface area contributed by atoms with Crippen molar-refractivity contribution >= 4 is 15.9 Å². The van der Waals surface area contributed by atoms with E-state index in [0.717, 1.165) is 15.7 Å². The maximum absolute atomic E-state index is 5.51. The highest BCUT2D eigenvalue weighted by atomic mass is 79.9. The zero-order chi connectivity index (χ0) is 10.8. The summed E-state index contributed by atoms with van der Waals surface area (Å²) in [5, 5.41) is 6.78. The molecule has 0 atom stereocenters. The van der Waals surface area contributed by atoms with Crippen molar-refractivity contribution in [1.82, 2.24) is 15.2 Å². The molecule has 0 amide bonds. The average Bonchev–Trinajstić information content (AvgIpc) is 2.56. The number of aryl methyl sites for hydroxylation is 2. The molecule has 2 rings (SSSR count). The number of nitrogens with one attached hydrogen (secondary N) is 1. The smallest absolute Gasteiger partial charge is 0.240 e. The Balaban J connectivity index is 2.24. The van der Waals surface area contributed by atoms with Gasteiger partial charge in [-0.2, -0.15) is 0 Å². The van der Waals surface area contributed by atoms with E-state index in [1.165, 1.54) is 0 Å². The van der Waals surface area contributed by atoms with Crippen molar-refractivity contribution < 1.29 is 4.74 Å². The van der Waals surface area contributed by atoms with Gasteiger partial charge in [0, 0.05) is 28.0 Å². The fourth-order valence-corrected chi connectivity index (χ4v) is 1.62. The van der Waals surface area contributed by atoms with Gasteiger partial charge in [-0.3, -0.25) is 5.10 Å². The highest BCUT2D eigenvalue weighted by Crippen LogP contribution is 2.23.